The van der Waals surface area contributed by atoms with Crippen molar-refractivity contribution in [1.29, 1.82) is 0 Å². The minimum Gasteiger partial charge on any atom is -0.393 e. The first-order valence-corrected chi connectivity index (χ1v) is 3.58. The molecule has 0 saturated carbocycles. The molecule has 0 saturated heterocycles. The van der Waals surface area contributed by atoms with E-state index >= 15 is 0 Å². The molecular weight excluding hydrogens is 160 g/mol. The lowest BCUT2D eigenvalue weighted by Gasteiger charge is -2.00. The van der Waals surface area contributed by atoms with Gasteiger partial charge in [0.05, 0.1) is 6.10 Å². The average Bonchev–Trinajstić information content (AvgIpc) is 1.94. The fraction of sp³-hybridized carbons (Fsp3) is 0.429. The Hall–Kier alpha value is -1.36. The molecule has 1 heterocycles. The first-order chi connectivity index (χ1) is 5.59. The van der Waals surface area contributed by atoms with Crippen molar-refractivity contribution in [3.8, 4) is 0 Å². The van der Waals surface area contributed by atoms with Gasteiger partial charge in [0.15, 0.2) is 0 Å². The molecule has 5 nitrogen and oxygen atoms in total. The SMILES string of the molecule is C[C@@H](O)Cc1c[nH]c(=O)[nH]c1=O. The van der Waals surface area contributed by atoms with Gasteiger partial charge in [0.1, 0.15) is 0 Å². The maximum atomic E-state index is 11.0. The van der Waals surface area contributed by atoms with Gasteiger partial charge in [-0.1, -0.05) is 0 Å². The number of nitrogens with one attached hydrogen (secondary N) is 2. The third kappa shape index (κ3) is 2.06. The molecule has 0 radical (unpaired) electrons. The van der Waals surface area contributed by atoms with E-state index in [0.717, 1.165) is 0 Å². The van der Waals surface area contributed by atoms with Gasteiger partial charge in [0.25, 0.3) is 5.56 Å². The molecule has 1 aromatic heterocycles. The van der Waals surface area contributed by atoms with Crippen LogP contribution in [0.3, 0.4) is 0 Å². The molecule has 1 atom stereocenters. The lowest BCUT2D eigenvalue weighted by atomic mass is 10.2. The summed E-state index contributed by atoms with van der Waals surface area (Å²) in [4.78, 5) is 25.9. The van der Waals surface area contributed by atoms with Gasteiger partial charge >= 0.3 is 5.69 Å². The molecule has 1 aromatic rings. The summed E-state index contributed by atoms with van der Waals surface area (Å²) in [7, 11) is 0. The summed E-state index contributed by atoms with van der Waals surface area (Å²) in [5.41, 5.74) is -0.599. The molecule has 0 aliphatic rings. The lowest BCUT2D eigenvalue weighted by molar-refractivity contribution is 0.195. The summed E-state index contributed by atoms with van der Waals surface area (Å²) in [5, 5.41) is 8.95. The lowest BCUT2D eigenvalue weighted by Crippen LogP contribution is -2.26. The van der Waals surface area contributed by atoms with E-state index in [4.69, 9.17) is 5.11 Å². The molecule has 5 heteroatoms. The van der Waals surface area contributed by atoms with Crippen LogP contribution in [0.15, 0.2) is 15.8 Å². The van der Waals surface area contributed by atoms with Crippen molar-refractivity contribution in [2.24, 2.45) is 0 Å². The van der Waals surface area contributed by atoms with E-state index in [-0.39, 0.29) is 6.42 Å². The van der Waals surface area contributed by atoms with Gasteiger partial charge in [-0.25, -0.2) is 4.79 Å². The summed E-state index contributed by atoms with van der Waals surface area (Å²) in [5.74, 6) is 0. The number of rotatable bonds is 2. The van der Waals surface area contributed by atoms with E-state index in [0.29, 0.717) is 5.56 Å². The van der Waals surface area contributed by atoms with E-state index < -0.39 is 17.4 Å². The van der Waals surface area contributed by atoms with Crippen molar-refractivity contribution in [3.05, 3.63) is 32.6 Å². The molecule has 0 aliphatic heterocycles. The van der Waals surface area contributed by atoms with Crippen LogP contribution in [0.5, 0.6) is 0 Å². The summed E-state index contributed by atoms with van der Waals surface area (Å²) in [6.45, 7) is 1.57. The maximum Gasteiger partial charge on any atom is 0.325 e. The molecule has 0 spiro atoms. The predicted molar refractivity (Wildman–Crippen MR) is 43.1 cm³/mol. The molecule has 3 N–H and O–H groups in total. The van der Waals surface area contributed by atoms with Gasteiger partial charge in [-0.3, -0.25) is 9.78 Å². The number of aromatic amines is 2. The number of aliphatic hydroxyl groups is 1. The Bertz CT molecular complexity index is 363. The second-order valence-corrected chi connectivity index (χ2v) is 2.65. The van der Waals surface area contributed by atoms with E-state index in [1.165, 1.54) is 6.20 Å². The largest absolute Gasteiger partial charge is 0.393 e. The molecule has 0 bridgehead atoms. The van der Waals surface area contributed by atoms with Crippen molar-refractivity contribution in [2.45, 2.75) is 19.4 Å². The summed E-state index contributed by atoms with van der Waals surface area (Å²) in [6.07, 6.45) is 0.969. The fourth-order valence-electron chi connectivity index (χ4n) is 0.908. The Morgan fingerprint density at radius 2 is 2.25 bits per heavy atom. The Labute approximate surface area is 68.1 Å². The average molecular weight is 170 g/mol. The summed E-state index contributed by atoms with van der Waals surface area (Å²) in [6, 6.07) is 0. The Kier molecular flexibility index (Phi) is 2.44. The smallest absolute Gasteiger partial charge is 0.325 e. The zero-order valence-electron chi connectivity index (χ0n) is 6.63. The van der Waals surface area contributed by atoms with Crippen LogP contribution < -0.4 is 11.2 Å². The van der Waals surface area contributed by atoms with E-state index in [1.807, 2.05) is 0 Å². The minimum atomic E-state index is -0.586. The van der Waals surface area contributed by atoms with Gasteiger partial charge < -0.3 is 10.1 Å². The second-order valence-electron chi connectivity index (χ2n) is 2.65. The fourth-order valence-corrected chi connectivity index (χ4v) is 0.908. The predicted octanol–water partition coefficient (Wildman–Crippen LogP) is -1.01. The number of hydrogen-bond acceptors (Lipinski definition) is 3. The highest BCUT2D eigenvalue weighted by molar-refractivity contribution is 5.04. The molecule has 0 amide bonds. The topological polar surface area (TPSA) is 85.9 Å². The zero-order valence-corrected chi connectivity index (χ0v) is 6.63. The standard InChI is InChI=1S/C7H10N2O3/c1-4(10)2-5-3-8-7(12)9-6(5)11/h3-4,10H,2H2,1H3,(H2,8,9,11,12)/t4-/m1/s1. The van der Waals surface area contributed by atoms with Crippen LogP contribution in [0.4, 0.5) is 0 Å². The third-order valence-electron chi connectivity index (χ3n) is 1.41. The molecule has 0 unspecified atom stereocenters. The van der Waals surface area contributed by atoms with Crippen molar-refractivity contribution in [3.63, 3.8) is 0 Å². The van der Waals surface area contributed by atoms with Crippen LogP contribution in [0.2, 0.25) is 0 Å². The minimum absolute atomic E-state index is 0.242. The van der Waals surface area contributed by atoms with Crippen molar-refractivity contribution in [1.82, 2.24) is 9.97 Å². The van der Waals surface area contributed by atoms with Crippen molar-refractivity contribution >= 4 is 0 Å². The van der Waals surface area contributed by atoms with Gasteiger partial charge in [-0.2, -0.15) is 0 Å². The Morgan fingerprint density at radius 1 is 1.58 bits per heavy atom. The third-order valence-corrected chi connectivity index (χ3v) is 1.41. The molecule has 12 heavy (non-hydrogen) atoms. The van der Waals surface area contributed by atoms with Crippen molar-refractivity contribution in [2.75, 3.05) is 0 Å². The van der Waals surface area contributed by atoms with Crippen LogP contribution in [0, 0.1) is 0 Å². The highest BCUT2D eigenvalue weighted by Gasteiger charge is 2.03. The molecular formula is C7H10N2O3. The van der Waals surface area contributed by atoms with Crippen molar-refractivity contribution < 1.29 is 5.11 Å². The Morgan fingerprint density at radius 3 is 2.75 bits per heavy atom. The normalized spacial score (nSPS) is 12.8. The number of aliphatic hydroxyl groups excluding tert-OH is 1. The van der Waals surface area contributed by atoms with E-state index in [9.17, 15) is 9.59 Å². The highest BCUT2D eigenvalue weighted by atomic mass is 16.3. The van der Waals surface area contributed by atoms with E-state index in [1.54, 1.807) is 6.92 Å². The van der Waals surface area contributed by atoms with Crippen LogP contribution in [0.1, 0.15) is 12.5 Å². The summed E-state index contributed by atoms with van der Waals surface area (Å²) >= 11 is 0. The van der Waals surface area contributed by atoms with Crippen LogP contribution in [0.25, 0.3) is 0 Å². The molecule has 1 rings (SSSR count). The first-order valence-electron chi connectivity index (χ1n) is 3.58. The number of aromatic nitrogens is 2. The molecule has 0 fully saturated rings. The Balaban J connectivity index is 3.02. The highest BCUT2D eigenvalue weighted by Crippen LogP contribution is 1.91. The van der Waals surface area contributed by atoms with Gasteiger partial charge in [-0.05, 0) is 6.92 Å². The zero-order chi connectivity index (χ0) is 9.14. The van der Waals surface area contributed by atoms with Crippen LogP contribution in [-0.2, 0) is 6.42 Å². The van der Waals surface area contributed by atoms with Gasteiger partial charge in [0, 0.05) is 18.2 Å². The number of H-pyrrole nitrogens is 2. The molecule has 0 aliphatic carbocycles. The summed E-state index contributed by atoms with van der Waals surface area (Å²) < 4.78 is 0. The maximum absolute atomic E-state index is 11.0. The van der Waals surface area contributed by atoms with E-state index in [2.05, 4.69) is 9.97 Å². The molecule has 66 valence electrons. The van der Waals surface area contributed by atoms with Crippen LogP contribution >= 0.6 is 0 Å². The second kappa shape index (κ2) is 3.36. The van der Waals surface area contributed by atoms with Gasteiger partial charge in [-0.15, -0.1) is 0 Å². The quantitative estimate of drug-likeness (QED) is 0.531. The number of hydrogen-bond donors (Lipinski definition) is 3. The van der Waals surface area contributed by atoms with Gasteiger partial charge in [0.2, 0.25) is 0 Å². The van der Waals surface area contributed by atoms with Crippen LogP contribution in [-0.4, -0.2) is 21.2 Å². The molecule has 0 aromatic carbocycles. The monoisotopic (exact) mass is 170 g/mol. The first kappa shape index (κ1) is 8.73.